The predicted molar refractivity (Wildman–Crippen MR) is 99.8 cm³/mol. The van der Waals surface area contributed by atoms with Crippen LogP contribution in [0, 0.1) is 5.92 Å². The minimum atomic E-state index is -0.507. The van der Waals surface area contributed by atoms with Gasteiger partial charge in [-0.05, 0) is 37.7 Å². The first-order chi connectivity index (χ1) is 13.1. The third-order valence-electron chi connectivity index (χ3n) is 4.20. The molecule has 0 saturated heterocycles. The highest BCUT2D eigenvalue weighted by molar-refractivity contribution is 5.82. The second-order valence-corrected chi connectivity index (χ2v) is 6.61. The van der Waals surface area contributed by atoms with E-state index >= 15 is 0 Å². The molecule has 0 atom stereocenters. The summed E-state index contributed by atoms with van der Waals surface area (Å²) in [6.07, 6.45) is 2.45. The molecule has 0 unspecified atom stereocenters. The van der Waals surface area contributed by atoms with Gasteiger partial charge in [-0.3, -0.25) is 9.59 Å². The molecule has 27 heavy (non-hydrogen) atoms. The van der Waals surface area contributed by atoms with E-state index in [-0.39, 0.29) is 31.4 Å². The zero-order chi connectivity index (χ0) is 19.5. The fourth-order valence-corrected chi connectivity index (χ4v) is 2.59. The standard InChI is InChI=1S/C20H28N2O5/c1-2-26-19(24)14-22(13-16-10-11-16)18(23)9-6-12-21-20(25)27-15-17-7-4-3-5-8-17/h3-5,7-8,16H,2,6,9-15H2,1H3,(H,21,25). The van der Waals surface area contributed by atoms with Gasteiger partial charge in [-0.2, -0.15) is 0 Å². The molecule has 1 aliphatic rings. The third kappa shape index (κ3) is 8.57. The van der Waals surface area contributed by atoms with Crippen LogP contribution in [0.1, 0.15) is 38.2 Å². The van der Waals surface area contributed by atoms with Crippen molar-refractivity contribution in [1.29, 1.82) is 0 Å². The molecule has 1 aliphatic carbocycles. The van der Waals surface area contributed by atoms with E-state index < -0.39 is 6.09 Å². The molecule has 2 rings (SSSR count). The molecule has 1 aromatic rings. The van der Waals surface area contributed by atoms with Crippen molar-refractivity contribution in [3.8, 4) is 0 Å². The molecule has 0 aliphatic heterocycles. The highest BCUT2D eigenvalue weighted by Crippen LogP contribution is 2.29. The summed E-state index contributed by atoms with van der Waals surface area (Å²) in [4.78, 5) is 37.3. The van der Waals surface area contributed by atoms with Gasteiger partial charge in [0.1, 0.15) is 13.2 Å². The number of nitrogens with one attached hydrogen (secondary N) is 1. The Morgan fingerprint density at radius 2 is 1.89 bits per heavy atom. The van der Waals surface area contributed by atoms with Crippen LogP contribution in [0.4, 0.5) is 4.79 Å². The molecule has 148 valence electrons. The molecule has 1 aromatic carbocycles. The van der Waals surface area contributed by atoms with Crippen LogP contribution in [0.15, 0.2) is 30.3 Å². The van der Waals surface area contributed by atoms with Crippen LogP contribution in [-0.2, 0) is 25.7 Å². The molecule has 1 N–H and O–H groups in total. The molecule has 0 bridgehead atoms. The molecule has 1 fully saturated rings. The van der Waals surface area contributed by atoms with Gasteiger partial charge < -0.3 is 19.7 Å². The zero-order valence-electron chi connectivity index (χ0n) is 15.8. The molecule has 0 heterocycles. The zero-order valence-corrected chi connectivity index (χ0v) is 15.8. The van der Waals surface area contributed by atoms with Crippen molar-refractivity contribution in [3.05, 3.63) is 35.9 Å². The predicted octanol–water partition coefficient (Wildman–Crippen LogP) is 2.49. The fraction of sp³-hybridized carbons (Fsp3) is 0.550. The first-order valence-corrected chi connectivity index (χ1v) is 9.46. The first kappa shape index (κ1) is 20.7. The lowest BCUT2D eigenvalue weighted by atomic mass is 10.2. The number of carbonyl (C=O) groups excluding carboxylic acids is 3. The molecule has 7 nitrogen and oxygen atoms in total. The van der Waals surface area contributed by atoms with Crippen LogP contribution < -0.4 is 5.32 Å². The van der Waals surface area contributed by atoms with Gasteiger partial charge >= 0.3 is 12.1 Å². The van der Waals surface area contributed by atoms with Gasteiger partial charge in [0.25, 0.3) is 0 Å². The quantitative estimate of drug-likeness (QED) is 0.474. The van der Waals surface area contributed by atoms with Crippen molar-refractivity contribution in [3.63, 3.8) is 0 Å². The molecule has 7 heteroatoms. The lowest BCUT2D eigenvalue weighted by molar-refractivity contribution is -0.149. The van der Waals surface area contributed by atoms with Gasteiger partial charge in [-0.15, -0.1) is 0 Å². The fourth-order valence-electron chi connectivity index (χ4n) is 2.59. The maximum Gasteiger partial charge on any atom is 0.407 e. The van der Waals surface area contributed by atoms with Crippen LogP contribution in [0.3, 0.4) is 0 Å². The second kappa shape index (κ2) is 11.2. The number of rotatable bonds is 11. The van der Waals surface area contributed by atoms with Crippen molar-refractivity contribution in [2.24, 2.45) is 5.92 Å². The van der Waals surface area contributed by atoms with Crippen LogP contribution >= 0.6 is 0 Å². The largest absolute Gasteiger partial charge is 0.465 e. The number of ether oxygens (including phenoxy) is 2. The molecular weight excluding hydrogens is 348 g/mol. The number of amides is 2. The summed E-state index contributed by atoms with van der Waals surface area (Å²) in [7, 11) is 0. The smallest absolute Gasteiger partial charge is 0.407 e. The molecule has 0 radical (unpaired) electrons. The van der Waals surface area contributed by atoms with E-state index in [0.29, 0.717) is 32.0 Å². The van der Waals surface area contributed by atoms with E-state index in [1.165, 1.54) is 0 Å². The Kier molecular flexibility index (Phi) is 8.61. The number of alkyl carbamates (subject to hydrolysis) is 1. The van der Waals surface area contributed by atoms with Crippen LogP contribution in [0.25, 0.3) is 0 Å². The van der Waals surface area contributed by atoms with Crippen molar-refractivity contribution in [2.45, 2.75) is 39.2 Å². The molecule has 0 aromatic heterocycles. The van der Waals surface area contributed by atoms with Gasteiger partial charge in [-0.25, -0.2) is 4.79 Å². The lowest BCUT2D eigenvalue weighted by Gasteiger charge is -2.21. The van der Waals surface area contributed by atoms with E-state index in [4.69, 9.17) is 9.47 Å². The Morgan fingerprint density at radius 1 is 1.15 bits per heavy atom. The van der Waals surface area contributed by atoms with E-state index in [1.807, 2.05) is 30.3 Å². The second-order valence-electron chi connectivity index (χ2n) is 6.61. The number of carbonyl (C=O) groups is 3. The van der Waals surface area contributed by atoms with Gasteiger partial charge in [0.05, 0.1) is 6.61 Å². The Bertz CT molecular complexity index is 616. The topological polar surface area (TPSA) is 84.9 Å². The van der Waals surface area contributed by atoms with Crippen molar-refractivity contribution in [2.75, 3.05) is 26.2 Å². The number of nitrogens with zero attached hydrogens (tertiary/aromatic N) is 1. The average Bonchev–Trinajstić information content (AvgIpc) is 3.48. The molecule has 1 saturated carbocycles. The van der Waals surface area contributed by atoms with Crippen LogP contribution in [0.2, 0.25) is 0 Å². The monoisotopic (exact) mass is 376 g/mol. The van der Waals surface area contributed by atoms with Crippen LogP contribution in [0.5, 0.6) is 0 Å². The first-order valence-electron chi connectivity index (χ1n) is 9.46. The Balaban J connectivity index is 1.63. The van der Waals surface area contributed by atoms with Gasteiger partial charge in [-0.1, -0.05) is 30.3 Å². The van der Waals surface area contributed by atoms with Crippen molar-refractivity contribution < 1.29 is 23.9 Å². The molecule has 2 amide bonds. The van der Waals surface area contributed by atoms with Gasteiger partial charge in [0, 0.05) is 19.5 Å². The normalized spacial score (nSPS) is 12.9. The number of hydrogen-bond donors (Lipinski definition) is 1. The van der Waals surface area contributed by atoms with Crippen molar-refractivity contribution >= 4 is 18.0 Å². The highest BCUT2D eigenvalue weighted by atomic mass is 16.5. The summed E-state index contributed by atoms with van der Waals surface area (Å²) in [5, 5.41) is 2.64. The molecular formula is C20H28N2O5. The van der Waals surface area contributed by atoms with Crippen molar-refractivity contribution in [1.82, 2.24) is 10.2 Å². The maximum atomic E-state index is 12.4. The Hall–Kier alpha value is -2.57. The Labute approximate surface area is 160 Å². The number of benzene rings is 1. The summed E-state index contributed by atoms with van der Waals surface area (Å²) in [5.74, 6) is 0.0259. The van der Waals surface area contributed by atoms with E-state index in [0.717, 1.165) is 18.4 Å². The number of esters is 1. The Morgan fingerprint density at radius 3 is 2.56 bits per heavy atom. The lowest BCUT2D eigenvalue weighted by Crippen LogP contribution is -2.38. The van der Waals surface area contributed by atoms with Gasteiger partial charge in [0.15, 0.2) is 0 Å². The minimum Gasteiger partial charge on any atom is -0.465 e. The van der Waals surface area contributed by atoms with E-state index in [2.05, 4.69) is 5.32 Å². The summed E-state index contributed by atoms with van der Waals surface area (Å²) in [6.45, 7) is 3.20. The minimum absolute atomic E-state index is 0.00425. The van der Waals surface area contributed by atoms with Gasteiger partial charge in [0.2, 0.25) is 5.91 Å². The van der Waals surface area contributed by atoms with E-state index in [9.17, 15) is 14.4 Å². The highest BCUT2D eigenvalue weighted by Gasteiger charge is 2.28. The van der Waals surface area contributed by atoms with Crippen LogP contribution in [-0.4, -0.2) is 49.1 Å². The summed E-state index contributed by atoms with van der Waals surface area (Å²) >= 11 is 0. The summed E-state index contributed by atoms with van der Waals surface area (Å²) < 4.78 is 10.1. The average molecular weight is 376 g/mol. The summed E-state index contributed by atoms with van der Waals surface area (Å²) in [6, 6.07) is 9.42. The molecule has 0 spiro atoms. The van der Waals surface area contributed by atoms with E-state index in [1.54, 1.807) is 11.8 Å². The summed E-state index contributed by atoms with van der Waals surface area (Å²) in [5.41, 5.74) is 0.914. The number of hydrogen-bond acceptors (Lipinski definition) is 5. The third-order valence-corrected chi connectivity index (χ3v) is 4.20. The maximum absolute atomic E-state index is 12.4. The SMILES string of the molecule is CCOC(=O)CN(CC1CC1)C(=O)CCCNC(=O)OCc1ccccc1.